The van der Waals surface area contributed by atoms with Gasteiger partial charge in [0, 0.05) is 10.0 Å². The van der Waals surface area contributed by atoms with Gasteiger partial charge in [-0.2, -0.15) is 0 Å². The van der Waals surface area contributed by atoms with Gasteiger partial charge in [0.25, 0.3) is 6.33 Å². The molecule has 6 nitrogen and oxygen atoms in total. The van der Waals surface area contributed by atoms with Crippen molar-refractivity contribution in [3.8, 4) is 0 Å². The van der Waals surface area contributed by atoms with Gasteiger partial charge in [0.2, 0.25) is 6.33 Å². The van der Waals surface area contributed by atoms with Crippen molar-refractivity contribution < 1.29 is 21.5 Å². The first kappa shape index (κ1) is 10.9. The fourth-order valence-electron chi connectivity index (χ4n) is 0.742. The number of hydrogen-bond donors (Lipinski definition) is 0. The second-order valence-electron chi connectivity index (χ2n) is 2.11. The molecule has 0 amide bonds. The highest BCUT2D eigenvalue weighted by molar-refractivity contribution is 4.42. The molecule has 0 spiro atoms. The zero-order valence-corrected chi connectivity index (χ0v) is 8.22. The van der Waals surface area contributed by atoms with Crippen LogP contribution in [0.1, 0.15) is 0 Å². The molecule has 0 aliphatic heterocycles. The van der Waals surface area contributed by atoms with Crippen LogP contribution in [0.5, 0.6) is 0 Å². The Kier molecular flexibility index (Phi) is 5.07. The second kappa shape index (κ2) is 5.56. The smallest absolute Gasteiger partial charge is 0.265 e. The van der Waals surface area contributed by atoms with Crippen LogP contribution in [-0.2, 0) is 13.6 Å². The van der Waals surface area contributed by atoms with Crippen LogP contribution in [0.15, 0.2) is 17.8 Å². The topological polar surface area (TPSA) is 70.5 Å². The minimum atomic E-state index is 0. The average molecular weight is 233 g/mol. The molecule has 0 fully saturated rings. The molecule has 0 bridgehead atoms. The normalized spacial score (nSPS) is 8.42. The Morgan fingerprint density at radius 3 is 3.00 bits per heavy atom. The van der Waals surface area contributed by atoms with E-state index in [4.69, 9.17) is 5.53 Å². The first-order valence-corrected chi connectivity index (χ1v) is 3.21. The molecule has 0 saturated carbocycles. The van der Waals surface area contributed by atoms with Gasteiger partial charge in [0.05, 0.1) is 20.1 Å². The Hall–Kier alpha value is -1.07. The summed E-state index contributed by atoms with van der Waals surface area (Å²) in [7, 11) is 1.84. The molecule has 0 saturated heterocycles. The highest BCUT2D eigenvalue weighted by atomic mass is 79.9. The molecule has 0 aromatic carbocycles. The maximum atomic E-state index is 7.98. The number of nitrogens with zero attached hydrogens (tertiary/aromatic N) is 6. The van der Waals surface area contributed by atoms with E-state index < -0.39 is 0 Å². The van der Waals surface area contributed by atoms with Gasteiger partial charge in [0.1, 0.15) is 0 Å². The van der Waals surface area contributed by atoms with Crippen molar-refractivity contribution in [1.82, 2.24) is 9.78 Å². The van der Waals surface area contributed by atoms with Crippen molar-refractivity contribution in [2.45, 2.75) is 6.54 Å². The van der Waals surface area contributed by atoms with Gasteiger partial charge in [-0.15, -0.1) is 4.68 Å². The molecular weight excluding hydrogens is 224 g/mol. The summed E-state index contributed by atoms with van der Waals surface area (Å²) in [5.74, 6) is 0. The van der Waals surface area contributed by atoms with Crippen molar-refractivity contribution in [2.24, 2.45) is 12.2 Å². The highest BCUT2D eigenvalue weighted by Gasteiger charge is 1.98. The van der Waals surface area contributed by atoms with Crippen LogP contribution in [0.3, 0.4) is 0 Å². The van der Waals surface area contributed by atoms with E-state index >= 15 is 0 Å². The SMILES string of the molecule is Cn1c[n+](CCN=[N+]=[N-])cn1.[Br-]. The summed E-state index contributed by atoms with van der Waals surface area (Å²) < 4.78 is 3.55. The van der Waals surface area contributed by atoms with Crippen LogP contribution in [0.4, 0.5) is 0 Å². The van der Waals surface area contributed by atoms with Crippen LogP contribution in [0.2, 0.25) is 0 Å². The van der Waals surface area contributed by atoms with E-state index in [9.17, 15) is 0 Å². The number of rotatable bonds is 3. The zero-order valence-electron chi connectivity index (χ0n) is 6.63. The first-order valence-electron chi connectivity index (χ1n) is 3.21. The lowest BCUT2D eigenvalue weighted by Gasteiger charge is -1.86. The summed E-state index contributed by atoms with van der Waals surface area (Å²) in [6.07, 6.45) is 3.51. The Morgan fingerprint density at radius 2 is 2.50 bits per heavy atom. The van der Waals surface area contributed by atoms with Gasteiger partial charge >= 0.3 is 0 Å². The van der Waals surface area contributed by atoms with Crippen molar-refractivity contribution in [3.63, 3.8) is 0 Å². The Balaban J connectivity index is 0.00000121. The highest BCUT2D eigenvalue weighted by Crippen LogP contribution is 1.73. The molecule has 0 unspecified atom stereocenters. The molecule has 66 valence electrons. The van der Waals surface area contributed by atoms with Crippen molar-refractivity contribution in [2.75, 3.05) is 6.54 Å². The van der Waals surface area contributed by atoms with E-state index in [1.165, 1.54) is 0 Å². The average Bonchev–Trinajstić information content (AvgIpc) is 2.37. The number of aromatic nitrogens is 3. The first-order chi connectivity index (χ1) is 5.33. The molecule has 1 aromatic heterocycles. The molecule has 1 rings (SSSR count). The Labute approximate surface area is 80.2 Å². The summed E-state index contributed by atoms with van der Waals surface area (Å²) in [4.78, 5) is 2.64. The van der Waals surface area contributed by atoms with Crippen LogP contribution in [-0.4, -0.2) is 16.3 Å². The summed E-state index contributed by atoms with van der Waals surface area (Å²) >= 11 is 0. The number of hydrogen-bond acceptors (Lipinski definition) is 2. The molecular formula is C5H9BrN6. The Morgan fingerprint density at radius 1 is 1.75 bits per heavy atom. The predicted octanol–water partition coefficient (Wildman–Crippen LogP) is -2.98. The minimum Gasteiger partial charge on any atom is -1.00 e. The molecule has 0 N–H and O–H groups in total. The monoisotopic (exact) mass is 232 g/mol. The fourth-order valence-corrected chi connectivity index (χ4v) is 0.742. The molecule has 7 heteroatoms. The molecule has 0 radical (unpaired) electrons. The lowest BCUT2D eigenvalue weighted by atomic mass is 10.6. The molecule has 0 aliphatic carbocycles. The minimum absolute atomic E-state index is 0. The van der Waals surface area contributed by atoms with Gasteiger partial charge in [-0.3, -0.25) is 0 Å². The third-order valence-corrected chi connectivity index (χ3v) is 1.22. The van der Waals surface area contributed by atoms with Crippen molar-refractivity contribution in [1.29, 1.82) is 0 Å². The van der Waals surface area contributed by atoms with Crippen LogP contribution < -0.4 is 21.5 Å². The summed E-state index contributed by atoms with van der Waals surface area (Å²) in [5, 5.41) is 7.34. The fraction of sp³-hybridized carbons (Fsp3) is 0.600. The van der Waals surface area contributed by atoms with Crippen LogP contribution in [0.25, 0.3) is 10.4 Å². The molecule has 0 aliphatic rings. The van der Waals surface area contributed by atoms with E-state index in [2.05, 4.69) is 15.1 Å². The lowest BCUT2D eigenvalue weighted by molar-refractivity contribution is -0.695. The second-order valence-corrected chi connectivity index (χ2v) is 2.11. The molecule has 12 heavy (non-hydrogen) atoms. The molecule has 1 aromatic rings. The van der Waals surface area contributed by atoms with E-state index in [0.29, 0.717) is 13.1 Å². The van der Waals surface area contributed by atoms with E-state index in [-0.39, 0.29) is 17.0 Å². The van der Waals surface area contributed by atoms with E-state index in [1.807, 2.05) is 17.9 Å². The van der Waals surface area contributed by atoms with Crippen molar-refractivity contribution in [3.05, 3.63) is 23.1 Å². The maximum Gasteiger partial charge on any atom is 0.265 e. The summed E-state index contributed by atoms with van der Waals surface area (Å²) in [5.41, 5.74) is 7.98. The standard InChI is InChI=1S/C5H9N6.BrH/c1-10-5-11(4-8-10)3-2-7-9-6;/h4-5H,2-3H2,1H3;1H/q+1;/p-1. The third-order valence-electron chi connectivity index (χ3n) is 1.22. The van der Waals surface area contributed by atoms with Crippen LogP contribution in [0, 0.1) is 0 Å². The molecule has 0 atom stereocenters. The van der Waals surface area contributed by atoms with Gasteiger partial charge in [0.15, 0.2) is 0 Å². The summed E-state index contributed by atoms with van der Waals surface area (Å²) in [6, 6.07) is 0. The van der Waals surface area contributed by atoms with Gasteiger partial charge < -0.3 is 17.0 Å². The third kappa shape index (κ3) is 3.36. The zero-order chi connectivity index (χ0) is 8.10. The maximum absolute atomic E-state index is 7.98. The van der Waals surface area contributed by atoms with E-state index in [1.54, 1.807) is 11.0 Å². The quantitative estimate of drug-likeness (QED) is 0.238. The molecule has 1 heterocycles. The number of azide groups is 1. The Bertz CT molecular complexity index is 275. The predicted molar refractivity (Wildman–Crippen MR) is 37.4 cm³/mol. The summed E-state index contributed by atoms with van der Waals surface area (Å²) in [6.45, 7) is 1.14. The van der Waals surface area contributed by atoms with Gasteiger partial charge in [-0.1, -0.05) is 5.11 Å². The van der Waals surface area contributed by atoms with Crippen molar-refractivity contribution >= 4 is 0 Å². The van der Waals surface area contributed by atoms with Crippen LogP contribution >= 0.6 is 0 Å². The largest absolute Gasteiger partial charge is 1.00 e. The lowest BCUT2D eigenvalue weighted by Crippen LogP contribution is -3.00. The van der Waals surface area contributed by atoms with E-state index in [0.717, 1.165) is 0 Å². The van der Waals surface area contributed by atoms with Gasteiger partial charge in [-0.05, 0) is 5.53 Å². The number of halogens is 1. The van der Waals surface area contributed by atoms with Gasteiger partial charge in [-0.25, -0.2) is 4.57 Å². The number of aryl methyl sites for hydroxylation is 1.